The van der Waals surface area contributed by atoms with E-state index in [1.807, 2.05) is 0 Å². The first kappa shape index (κ1) is 11.9. The average Bonchev–Trinajstić information content (AvgIpc) is 2.10. The van der Waals surface area contributed by atoms with Crippen LogP contribution in [0.4, 0.5) is 0 Å². The summed E-state index contributed by atoms with van der Waals surface area (Å²) < 4.78 is 0. The lowest BCUT2D eigenvalue weighted by molar-refractivity contribution is 0.168. The van der Waals surface area contributed by atoms with Crippen LogP contribution in [0.15, 0.2) is 0 Å². The molecule has 0 bridgehead atoms. The van der Waals surface area contributed by atoms with E-state index in [9.17, 15) is 5.11 Å². The van der Waals surface area contributed by atoms with Crippen molar-refractivity contribution in [2.75, 3.05) is 6.61 Å². The number of hydrogen-bond acceptors (Lipinski definition) is 1. The van der Waals surface area contributed by atoms with Gasteiger partial charge in [0.25, 0.3) is 0 Å². The summed E-state index contributed by atoms with van der Waals surface area (Å²) in [5.74, 6) is 0. The maximum Gasteiger partial charge on any atom is 0.0973 e. The molecule has 0 aromatic rings. The molecule has 0 aromatic heterocycles. The first-order chi connectivity index (χ1) is 5.81. The molecule has 2 nitrogen and oxygen atoms in total. The highest BCUT2D eigenvalue weighted by atomic mass is 16.3. The molecule has 0 rings (SSSR count). The zero-order valence-electron chi connectivity index (χ0n) is 8.22. The Hall–Kier alpha value is -0.0800. The fourth-order valence-electron chi connectivity index (χ4n) is 1.27. The highest BCUT2D eigenvalue weighted by molar-refractivity contribution is 4.58. The molecule has 1 atom stereocenters. The summed E-state index contributed by atoms with van der Waals surface area (Å²) in [5, 5.41) is 10.3. The Morgan fingerprint density at radius 2 is 1.67 bits per heavy atom. The topological polar surface area (TPSA) is 45.9 Å². The van der Waals surface area contributed by atoms with Gasteiger partial charge in [-0.1, -0.05) is 45.4 Å². The largest absolute Gasteiger partial charge is 0.326 e. The Labute approximate surface area is 76.2 Å². The van der Waals surface area contributed by atoms with Gasteiger partial charge in [0.2, 0.25) is 0 Å². The van der Waals surface area contributed by atoms with E-state index in [1.165, 1.54) is 32.1 Å². The molecule has 1 radical (unpaired) electrons. The number of rotatable bonds is 8. The van der Waals surface area contributed by atoms with Gasteiger partial charge < -0.3 is 5.73 Å². The monoisotopic (exact) mass is 172 g/mol. The predicted molar refractivity (Wildman–Crippen MR) is 51.5 cm³/mol. The van der Waals surface area contributed by atoms with Crippen molar-refractivity contribution < 1.29 is 5.11 Å². The number of unbranched alkanes of at least 4 members (excludes halogenated alkanes) is 5. The van der Waals surface area contributed by atoms with Crippen LogP contribution < -0.4 is 5.73 Å². The number of nitrogens with two attached hydrogens (primary N) is 1. The van der Waals surface area contributed by atoms with E-state index in [4.69, 9.17) is 5.73 Å². The van der Waals surface area contributed by atoms with Crippen LogP contribution in [0.3, 0.4) is 0 Å². The molecule has 2 heteroatoms. The lowest BCUT2D eigenvalue weighted by Gasteiger charge is -2.05. The second kappa shape index (κ2) is 9.01. The molecule has 0 aliphatic carbocycles. The van der Waals surface area contributed by atoms with Crippen LogP contribution in [-0.2, 0) is 5.11 Å². The van der Waals surface area contributed by atoms with E-state index in [-0.39, 0.29) is 12.6 Å². The van der Waals surface area contributed by atoms with Crippen LogP contribution >= 0.6 is 0 Å². The summed E-state index contributed by atoms with van der Waals surface area (Å²) in [5.41, 5.74) is 5.50. The quantitative estimate of drug-likeness (QED) is 0.562. The molecule has 0 amide bonds. The minimum atomic E-state index is -0.116. The highest BCUT2D eigenvalue weighted by Gasteiger charge is 1.99. The highest BCUT2D eigenvalue weighted by Crippen LogP contribution is 2.07. The van der Waals surface area contributed by atoms with Crippen molar-refractivity contribution in [2.45, 2.75) is 57.9 Å². The van der Waals surface area contributed by atoms with Crippen molar-refractivity contribution in [1.29, 1.82) is 0 Å². The summed E-state index contributed by atoms with van der Waals surface area (Å²) in [4.78, 5) is 0. The first-order valence-electron chi connectivity index (χ1n) is 5.15. The normalized spacial score (nSPS) is 13.2. The van der Waals surface area contributed by atoms with E-state index >= 15 is 0 Å². The molecule has 0 aliphatic rings. The third-order valence-electron chi connectivity index (χ3n) is 2.14. The second-order valence-electron chi connectivity index (χ2n) is 3.48. The van der Waals surface area contributed by atoms with Crippen molar-refractivity contribution in [2.24, 2.45) is 5.73 Å². The van der Waals surface area contributed by atoms with Gasteiger partial charge in [-0.2, -0.15) is 0 Å². The smallest absolute Gasteiger partial charge is 0.0973 e. The maximum atomic E-state index is 10.3. The van der Waals surface area contributed by atoms with E-state index in [0.29, 0.717) is 0 Å². The van der Waals surface area contributed by atoms with Crippen molar-refractivity contribution in [3.8, 4) is 0 Å². The zero-order chi connectivity index (χ0) is 9.23. The molecule has 0 saturated carbocycles. The minimum Gasteiger partial charge on any atom is -0.326 e. The third kappa shape index (κ3) is 8.02. The van der Waals surface area contributed by atoms with Gasteiger partial charge in [-0.05, 0) is 6.42 Å². The van der Waals surface area contributed by atoms with Gasteiger partial charge in [0.05, 0.1) is 6.61 Å². The van der Waals surface area contributed by atoms with Gasteiger partial charge >= 0.3 is 0 Å². The molecule has 73 valence electrons. The number of hydrogen-bond donors (Lipinski definition) is 1. The van der Waals surface area contributed by atoms with Crippen molar-refractivity contribution in [1.82, 2.24) is 0 Å². The van der Waals surface area contributed by atoms with Crippen LogP contribution in [0.25, 0.3) is 0 Å². The molecule has 0 fully saturated rings. The van der Waals surface area contributed by atoms with E-state index in [2.05, 4.69) is 6.92 Å². The van der Waals surface area contributed by atoms with E-state index in [0.717, 1.165) is 12.8 Å². The van der Waals surface area contributed by atoms with Gasteiger partial charge in [-0.3, -0.25) is 0 Å². The average molecular weight is 172 g/mol. The molecule has 2 N–H and O–H groups in total. The molecular weight excluding hydrogens is 150 g/mol. The second-order valence-corrected chi connectivity index (χ2v) is 3.48. The fourth-order valence-corrected chi connectivity index (χ4v) is 1.27. The van der Waals surface area contributed by atoms with Gasteiger partial charge in [-0.15, -0.1) is 0 Å². The molecule has 0 saturated heterocycles. The fraction of sp³-hybridized carbons (Fsp3) is 1.00. The van der Waals surface area contributed by atoms with Gasteiger partial charge in [-0.25, -0.2) is 5.11 Å². The molecule has 12 heavy (non-hydrogen) atoms. The summed E-state index contributed by atoms with van der Waals surface area (Å²) in [6.07, 6.45) is 8.56. The molecule has 0 aliphatic heterocycles. The Morgan fingerprint density at radius 1 is 1.08 bits per heavy atom. The van der Waals surface area contributed by atoms with Crippen LogP contribution in [-0.4, -0.2) is 12.6 Å². The summed E-state index contributed by atoms with van der Waals surface area (Å²) >= 11 is 0. The molecular formula is C10H22NO. The van der Waals surface area contributed by atoms with Gasteiger partial charge in [0.1, 0.15) is 0 Å². The van der Waals surface area contributed by atoms with Crippen molar-refractivity contribution in [3.63, 3.8) is 0 Å². The Morgan fingerprint density at radius 3 is 2.25 bits per heavy atom. The Balaban J connectivity index is 2.90. The SMILES string of the molecule is CCCCCCCCC(N)C[O]. The molecule has 0 heterocycles. The van der Waals surface area contributed by atoms with Crippen LogP contribution in [0.5, 0.6) is 0 Å². The summed E-state index contributed by atoms with van der Waals surface area (Å²) in [7, 11) is 0. The molecule has 0 spiro atoms. The van der Waals surface area contributed by atoms with Crippen molar-refractivity contribution >= 4 is 0 Å². The van der Waals surface area contributed by atoms with Crippen molar-refractivity contribution in [3.05, 3.63) is 0 Å². The predicted octanol–water partition coefficient (Wildman–Crippen LogP) is 2.49. The molecule has 0 aromatic carbocycles. The van der Waals surface area contributed by atoms with Crippen LogP contribution in [0.1, 0.15) is 51.9 Å². The van der Waals surface area contributed by atoms with E-state index in [1.54, 1.807) is 0 Å². The lowest BCUT2D eigenvalue weighted by Crippen LogP contribution is -2.23. The van der Waals surface area contributed by atoms with Crippen LogP contribution in [0.2, 0.25) is 0 Å². The molecule has 1 unspecified atom stereocenters. The standard InChI is InChI=1S/C10H22NO/c1-2-3-4-5-6-7-8-10(11)9-12/h10H,2-9,11H2,1H3. The van der Waals surface area contributed by atoms with Crippen LogP contribution in [0, 0.1) is 0 Å². The summed E-state index contributed by atoms with van der Waals surface area (Å²) in [6, 6.07) is -0.101. The minimum absolute atomic E-state index is 0.101. The maximum absolute atomic E-state index is 10.3. The van der Waals surface area contributed by atoms with Gasteiger partial charge in [0, 0.05) is 6.04 Å². The lowest BCUT2D eigenvalue weighted by atomic mass is 10.1. The third-order valence-corrected chi connectivity index (χ3v) is 2.14. The summed E-state index contributed by atoms with van der Waals surface area (Å²) in [6.45, 7) is 2.10. The Bertz CT molecular complexity index is 85.9. The zero-order valence-corrected chi connectivity index (χ0v) is 8.22. The van der Waals surface area contributed by atoms with Gasteiger partial charge in [0.15, 0.2) is 0 Å². The first-order valence-corrected chi connectivity index (χ1v) is 5.15. The Kier molecular flexibility index (Phi) is 8.95. The van der Waals surface area contributed by atoms with E-state index < -0.39 is 0 Å².